The van der Waals surface area contributed by atoms with Gasteiger partial charge >= 0.3 is 43.7 Å². The molecule has 1 aliphatic rings. The van der Waals surface area contributed by atoms with Crippen molar-refractivity contribution >= 4 is 49.6 Å². The van der Waals surface area contributed by atoms with E-state index in [1.807, 2.05) is 0 Å². The summed E-state index contributed by atoms with van der Waals surface area (Å²) in [6.45, 7) is 4.45. The maximum Gasteiger partial charge on any atom is 2.00 e. The van der Waals surface area contributed by atoms with Gasteiger partial charge in [-0.15, -0.1) is 0 Å². The van der Waals surface area contributed by atoms with Gasteiger partial charge in [-0.2, -0.15) is 5.12 Å². The number of carboxylic acid groups (broad SMARTS) is 1. The number of unbranched alkanes of at least 4 members (excludes halogenated alkanes) is 2. The summed E-state index contributed by atoms with van der Waals surface area (Å²) in [5.41, 5.74) is 0. The van der Waals surface area contributed by atoms with Crippen molar-refractivity contribution in [2.24, 2.45) is 5.92 Å². The standard InChI is InChI=1S/C15H27FN2O3.Ca.2H/c1-13(12-17-9-5-3-6-10-17)15(21)18(16)11-7-2-4-8-14(19)20;;;/h13H,2-12H2,1H3,(H,19,20);;;/q;+2;2*-1. The van der Waals surface area contributed by atoms with Gasteiger partial charge in [0.15, 0.2) is 0 Å². The van der Waals surface area contributed by atoms with Crippen molar-refractivity contribution in [3.05, 3.63) is 0 Å². The van der Waals surface area contributed by atoms with E-state index in [4.69, 9.17) is 5.11 Å². The van der Waals surface area contributed by atoms with E-state index in [9.17, 15) is 14.1 Å². The number of rotatable bonds is 9. The molecule has 0 aliphatic carbocycles. The van der Waals surface area contributed by atoms with Gasteiger partial charge < -0.3 is 12.9 Å². The van der Waals surface area contributed by atoms with Crippen molar-refractivity contribution in [1.29, 1.82) is 0 Å². The molecular weight excluding hydrogens is 315 g/mol. The molecule has 0 radical (unpaired) electrons. The summed E-state index contributed by atoms with van der Waals surface area (Å²) in [6, 6.07) is 0. The quantitative estimate of drug-likeness (QED) is 0.396. The van der Waals surface area contributed by atoms with Crippen LogP contribution >= 0.6 is 0 Å². The molecule has 0 bridgehead atoms. The van der Waals surface area contributed by atoms with Gasteiger partial charge in [0.25, 0.3) is 5.91 Å². The number of carboxylic acids is 1. The van der Waals surface area contributed by atoms with E-state index < -0.39 is 11.9 Å². The number of hydrogen-bond acceptors (Lipinski definition) is 3. The molecule has 1 atom stereocenters. The first-order valence-corrected chi connectivity index (χ1v) is 7.92. The van der Waals surface area contributed by atoms with Crippen LogP contribution in [0.2, 0.25) is 0 Å². The second-order valence-corrected chi connectivity index (χ2v) is 5.89. The maximum atomic E-state index is 13.7. The number of carbonyl (C=O) groups is 2. The molecule has 0 saturated carbocycles. The fourth-order valence-corrected chi connectivity index (χ4v) is 2.66. The first kappa shape index (κ1) is 22.1. The topological polar surface area (TPSA) is 60.9 Å². The average Bonchev–Trinajstić information content (AvgIpc) is 2.46. The predicted octanol–water partition coefficient (Wildman–Crippen LogP) is 2.31. The summed E-state index contributed by atoms with van der Waals surface area (Å²) in [7, 11) is 0. The van der Waals surface area contributed by atoms with E-state index in [0.717, 1.165) is 25.9 Å². The monoisotopic (exact) mass is 344 g/mol. The second kappa shape index (κ2) is 12.5. The van der Waals surface area contributed by atoms with Crippen LogP contribution in [0.4, 0.5) is 4.48 Å². The Bertz CT molecular complexity index is 349. The van der Waals surface area contributed by atoms with Gasteiger partial charge in [-0.3, -0.25) is 9.59 Å². The minimum absolute atomic E-state index is 0. The molecule has 1 fully saturated rings. The Balaban J connectivity index is -0.00000147. The molecule has 1 rings (SSSR count). The van der Waals surface area contributed by atoms with Crippen LogP contribution in [-0.2, 0) is 9.59 Å². The third-order valence-electron chi connectivity index (χ3n) is 3.89. The SMILES string of the molecule is CC(CN1CCCCC1)C(=O)N(F)CCCCCC(=O)O.[Ca+2].[H-].[H-]. The minimum Gasteiger partial charge on any atom is -1.00 e. The van der Waals surface area contributed by atoms with E-state index in [0.29, 0.717) is 30.9 Å². The Labute approximate surface area is 165 Å². The molecule has 1 N–H and O–H groups in total. The summed E-state index contributed by atoms with van der Waals surface area (Å²) < 4.78 is 13.7. The number of piperidine rings is 1. The van der Waals surface area contributed by atoms with Gasteiger partial charge in [-0.05, 0) is 38.8 Å². The molecule has 126 valence electrons. The molecule has 0 aromatic rings. The molecular formula is C15H29CaFN2O3. The molecule has 0 aromatic heterocycles. The normalized spacial score (nSPS) is 16.6. The third kappa shape index (κ3) is 9.28. The van der Waals surface area contributed by atoms with Gasteiger partial charge in [-0.25, -0.2) is 0 Å². The van der Waals surface area contributed by atoms with Crippen LogP contribution in [-0.4, -0.2) is 90.9 Å². The number of hydrogen-bond donors (Lipinski definition) is 1. The number of aliphatic carboxylic acids is 1. The molecule has 1 saturated heterocycles. The zero-order chi connectivity index (χ0) is 15.7. The van der Waals surface area contributed by atoms with Crippen molar-refractivity contribution in [2.45, 2.75) is 51.9 Å². The van der Waals surface area contributed by atoms with E-state index >= 15 is 0 Å². The van der Waals surface area contributed by atoms with Crippen LogP contribution in [0.15, 0.2) is 0 Å². The molecule has 0 spiro atoms. The molecule has 22 heavy (non-hydrogen) atoms. The Kier molecular flexibility index (Phi) is 12.6. The molecule has 7 heteroatoms. The van der Waals surface area contributed by atoms with Crippen LogP contribution in [0.3, 0.4) is 0 Å². The van der Waals surface area contributed by atoms with Crippen LogP contribution in [0.25, 0.3) is 0 Å². The van der Waals surface area contributed by atoms with Gasteiger partial charge in [0.1, 0.15) is 0 Å². The number of carbonyl (C=O) groups excluding carboxylic acids is 1. The number of amides is 1. The molecule has 0 aromatic carbocycles. The second-order valence-electron chi connectivity index (χ2n) is 5.89. The average molecular weight is 344 g/mol. The largest absolute Gasteiger partial charge is 2.00 e. The molecule has 1 unspecified atom stereocenters. The van der Waals surface area contributed by atoms with Crippen LogP contribution in [0.1, 0.15) is 54.7 Å². The van der Waals surface area contributed by atoms with Gasteiger partial charge in [0, 0.05) is 13.0 Å². The van der Waals surface area contributed by atoms with Crippen molar-refractivity contribution in [1.82, 2.24) is 10.0 Å². The van der Waals surface area contributed by atoms with Gasteiger partial charge in [0.2, 0.25) is 0 Å². The number of likely N-dealkylation sites (tertiary alicyclic amines) is 1. The fraction of sp³-hybridized carbons (Fsp3) is 0.867. The maximum absolute atomic E-state index is 13.7. The predicted molar refractivity (Wildman–Crippen MR) is 86.4 cm³/mol. The molecule has 1 aliphatic heterocycles. The van der Waals surface area contributed by atoms with E-state index in [-0.39, 0.29) is 59.5 Å². The zero-order valence-electron chi connectivity index (χ0n) is 15.6. The van der Waals surface area contributed by atoms with Crippen LogP contribution < -0.4 is 0 Å². The van der Waals surface area contributed by atoms with Crippen molar-refractivity contribution in [3.63, 3.8) is 0 Å². The van der Waals surface area contributed by atoms with Crippen LogP contribution in [0.5, 0.6) is 0 Å². The Hall–Kier alpha value is 0.0897. The fourth-order valence-electron chi connectivity index (χ4n) is 2.66. The number of nitrogens with zero attached hydrogens (tertiary/aromatic N) is 2. The third-order valence-corrected chi connectivity index (χ3v) is 3.89. The van der Waals surface area contributed by atoms with Gasteiger partial charge in [0.05, 0.1) is 12.5 Å². The van der Waals surface area contributed by atoms with Crippen LogP contribution in [0, 0.1) is 5.92 Å². The summed E-state index contributed by atoms with van der Waals surface area (Å²) in [4.78, 5) is 24.5. The Morgan fingerprint density at radius 2 is 1.86 bits per heavy atom. The van der Waals surface area contributed by atoms with Crippen molar-refractivity contribution in [2.75, 3.05) is 26.2 Å². The Morgan fingerprint density at radius 1 is 1.23 bits per heavy atom. The van der Waals surface area contributed by atoms with Gasteiger partial charge in [-0.1, -0.05) is 24.2 Å². The van der Waals surface area contributed by atoms with E-state index in [1.165, 1.54) is 6.42 Å². The smallest absolute Gasteiger partial charge is 1.00 e. The first-order valence-electron chi connectivity index (χ1n) is 7.92. The zero-order valence-corrected chi connectivity index (χ0v) is 15.8. The molecule has 1 amide bonds. The summed E-state index contributed by atoms with van der Waals surface area (Å²) in [5, 5.41) is 8.80. The summed E-state index contributed by atoms with van der Waals surface area (Å²) in [5.74, 6) is -1.62. The van der Waals surface area contributed by atoms with Crippen molar-refractivity contribution < 1.29 is 22.0 Å². The number of halogens is 1. The van der Waals surface area contributed by atoms with E-state index in [2.05, 4.69) is 4.90 Å². The van der Waals surface area contributed by atoms with Crippen molar-refractivity contribution in [3.8, 4) is 0 Å². The first-order chi connectivity index (χ1) is 10.0. The summed E-state index contributed by atoms with van der Waals surface area (Å²) in [6.07, 6.45) is 5.32. The molecule has 5 nitrogen and oxygen atoms in total. The Morgan fingerprint density at radius 3 is 2.45 bits per heavy atom. The molecule has 1 heterocycles. The minimum atomic E-state index is -0.835. The summed E-state index contributed by atoms with van der Waals surface area (Å²) >= 11 is 0. The van der Waals surface area contributed by atoms with E-state index in [1.54, 1.807) is 6.92 Å².